The minimum Gasteiger partial charge on any atom is -0.497 e. The second-order valence-corrected chi connectivity index (χ2v) is 10.5. The summed E-state index contributed by atoms with van der Waals surface area (Å²) in [7, 11) is -1.33. The number of sulfonamides is 1. The third-order valence-electron chi connectivity index (χ3n) is 5.41. The van der Waals surface area contributed by atoms with Crippen LogP contribution in [0, 0.1) is 10.1 Å². The van der Waals surface area contributed by atoms with E-state index in [4.69, 9.17) is 9.47 Å². The molecule has 202 valence electrons. The number of ether oxygens (including phenoxy) is 2. The molecule has 2 aromatic rings. The van der Waals surface area contributed by atoms with Crippen molar-refractivity contribution in [1.82, 2.24) is 10.2 Å². The fourth-order valence-corrected chi connectivity index (χ4v) is 4.38. The van der Waals surface area contributed by atoms with Gasteiger partial charge < -0.3 is 19.7 Å². The highest BCUT2D eigenvalue weighted by Crippen LogP contribution is 2.34. The van der Waals surface area contributed by atoms with Crippen LogP contribution in [-0.2, 0) is 26.2 Å². The minimum atomic E-state index is -4.11. The number of hydrogen-bond acceptors (Lipinski definition) is 8. The Kier molecular flexibility index (Phi) is 9.83. The summed E-state index contributed by atoms with van der Waals surface area (Å²) in [6.45, 7) is 4.35. The molecule has 0 fully saturated rings. The molecule has 0 saturated heterocycles. The van der Waals surface area contributed by atoms with Crippen LogP contribution in [0.5, 0.6) is 11.5 Å². The maximum Gasteiger partial charge on any atom is 0.271 e. The van der Waals surface area contributed by atoms with Gasteiger partial charge >= 0.3 is 0 Å². The van der Waals surface area contributed by atoms with Crippen molar-refractivity contribution in [1.29, 1.82) is 0 Å². The number of amides is 2. The standard InChI is InChI=1S/C24H32N4O8S/c1-16(2)25-24(30)17(3)26(14-18-8-7-9-20(12-18)35-4)23(29)15-27(37(6,33)34)21-13-19(28(31)32)10-11-22(21)36-5/h7-13,16-17H,14-15H2,1-6H3,(H,25,30). The molecule has 0 heterocycles. The summed E-state index contributed by atoms with van der Waals surface area (Å²) in [6, 6.07) is 9.19. The van der Waals surface area contributed by atoms with Gasteiger partial charge in [-0.25, -0.2) is 8.42 Å². The molecule has 1 N–H and O–H groups in total. The number of nitrogens with zero attached hydrogens (tertiary/aromatic N) is 3. The van der Waals surface area contributed by atoms with Crippen molar-refractivity contribution >= 4 is 33.2 Å². The van der Waals surface area contributed by atoms with Crippen LogP contribution in [0.4, 0.5) is 11.4 Å². The number of carbonyl (C=O) groups excluding carboxylic acids is 2. The molecule has 0 aromatic heterocycles. The Morgan fingerprint density at radius 2 is 1.76 bits per heavy atom. The molecule has 0 saturated carbocycles. The summed E-state index contributed by atoms with van der Waals surface area (Å²) in [6.07, 6.45) is 0.875. The number of anilines is 1. The van der Waals surface area contributed by atoms with Crippen molar-refractivity contribution in [2.45, 2.75) is 39.4 Å². The number of nitrogens with one attached hydrogen (secondary N) is 1. The first kappa shape index (κ1) is 29.4. The van der Waals surface area contributed by atoms with Gasteiger partial charge in [-0.15, -0.1) is 0 Å². The van der Waals surface area contributed by atoms with E-state index in [0.29, 0.717) is 11.3 Å². The predicted octanol–water partition coefficient (Wildman–Crippen LogP) is 2.32. The van der Waals surface area contributed by atoms with Crippen LogP contribution in [-0.4, -0.2) is 69.2 Å². The van der Waals surface area contributed by atoms with Crippen molar-refractivity contribution in [2.75, 3.05) is 31.3 Å². The molecule has 37 heavy (non-hydrogen) atoms. The summed E-state index contributed by atoms with van der Waals surface area (Å²) in [5.41, 5.74) is 0.0960. The van der Waals surface area contributed by atoms with Crippen molar-refractivity contribution in [2.24, 2.45) is 0 Å². The van der Waals surface area contributed by atoms with Crippen LogP contribution >= 0.6 is 0 Å². The molecular weight excluding hydrogens is 504 g/mol. The molecule has 0 aliphatic carbocycles. The number of methoxy groups -OCH3 is 2. The van der Waals surface area contributed by atoms with Gasteiger partial charge in [-0.05, 0) is 44.5 Å². The molecule has 0 spiro atoms. The van der Waals surface area contributed by atoms with E-state index in [1.807, 2.05) is 0 Å². The fourth-order valence-electron chi connectivity index (χ4n) is 3.54. The van der Waals surface area contributed by atoms with Crippen LogP contribution in [0.2, 0.25) is 0 Å². The highest BCUT2D eigenvalue weighted by atomic mass is 32.2. The van der Waals surface area contributed by atoms with Gasteiger partial charge in [0.15, 0.2) is 0 Å². The summed E-state index contributed by atoms with van der Waals surface area (Å²) < 4.78 is 36.7. The monoisotopic (exact) mass is 536 g/mol. The average Bonchev–Trinajstić information content (AvgIpc) is 2.83. The number of hydrogen-bond donors (Lipinski definition) is 1. The second kappa shape index (κ2) is 12.4. The molecule has 1 atom stereocenters. The molecule has 0 aliphatic heterocycles. The van der Waals surface area contributed by atoms with E-state index in [0.717, 1.165) is 22.7 Å². The lowest BCUT2D eigenvalue weighted by molar-refractivity contribution is -0.384. The Labute approximate surface area is 216 Å². The lowest BCUT2D eigenvalue weighted by Crippen LogP contribution is -2.52. The molecular formula is C24H32N4O8S. The van der Waals surface area contributed by atoms with E-state index in [1.165, 1.54) is 32.1 Å². The zero-order chi connectivity index (χ0) is 27.9. The molecule has 0 bridgehead atoms. The van der Waals surface area contributed by atoms with E-state index in [2.05, 4.69) is 5.32 Å². The number of carbonyl (C=O) groups is 2. The number of nitro benzene ring substituents is 1. The van der Waals surface area contributed by atoms with Gasteiger partial charge in [0.1, 0.15) is 29.8 Å². The van der Waals surface area contributed by atoms with Gasteiger partial charge in [0.2, 0.25) is 21.8 Å². The Balaban J connectivity index is 2.53. The van der Waals surface area contributed by atoms with Crippen molar-refractivity contribution in [3.8, 4) is 11.5 Å². The third kappa shape index (κ3) is 7.81. The van der Waals surface area contributed by atoms with Gasteiger partial charge in [-0.3, -0.25) is 24.0 Å². The minimum absolute atomic E-state index is 0.0214. The van der Waals surface area contributed by atoms with Crippen LogP contribution in [0.1, 0.15) is 26.3 Å². The van der Waals surface area contributed by atoms with Crippen molar-refractivity contribution in [3.05, 3.63) is 58.1 Å². The SMILES string of the molecule is COc1cccc(CN(C(=O)CN(c2cc([N+](=O)[O-])ccc2OC)S(C)(=O)=O)C(C)C(=O)NC(C)C)c1. The average molecular weight is 537 g/mol. The molecule has 2 amide bonds. The Morgan fingerprint density at radius 1 is 1.08 bits per heavy atom. The smallest absolute Gasteiger partial charge is 0.271 e. The predicted molar refractivity (Wildman–Crippen MR) is 138 cm³/mol. The summed E-state index contributed by atoms with van der Waals surface area (Å²) in [4.78, 5) is 38.3. The van der Waals surface area contributed by atoms with Gasteiger partial charge in [-0.1, -0.05) is 12.1 Å². The van der Waals surface area contributed by atoms with Gasteiger partial charge in [0.25, 0.3) is 5.69 Å². The molecule has 12 nitrogen and oxygen atoms in total. The first-order chi connectivity index (χ1) is 17.3. The van der Waals surface area contributed by atoms with Crippen molar-refractivity contribution in [3.63, 3.8) is 0 Å². The fraction of sp³-hybridized carbons (Fsp3) is 0.417. The summed E-state index contributed by atoms with van der Waals surface area (Å²) >= 11 is 0. The quantitative estimate of drug-likeness (QED) is 0.321. The molecule has 2 aromatic carbocycles. The highest BCUT2D eigenvalue weighted by molar-refractivity contribution is 7.92. The van der Waals surface area contributed by atoms with Crippen LogP contribution in [0.3, 0.4) is 0 Å². The van der Waals surface area contributed by atoms with E-state index >= 15 is 0 Å². The van der Waals surface area contributed by atoms with Gasteiger partial charge in [0.05, 0.1) is 25.4 Å². The maximum absolute atomic E-state index is 13.6. The zero-order valence-electron chi connectivity index (χ0n) is 21.6. The van der Waals surface area contributed by atoms with Gasteiger partial charge in [-0.2, -0.15) is 0 Å². The largest absolute Gasteiger partial charge is 0.497 e. The van der Waals surface area contributed by atoms with Crippen LogP contribution in [0.15, 0.2) is 42.5 Å². The first-order valence-corrected chi connectivity index (χ1v) is 13.2. The van der Waals surface area contributed by atoms with Gasteiger partial charge in [0, 0.05) is 24.7 Å². The Bertz CT molecular complexity index is 1250. The first-order valence-electron chi connectivity index (χ1n) is 11.3. The molecule has 2 rings (SSSR count). The van der Waals surface area contributed by atoms with Crippen molar-refractivity contribution < 1.29 is 32.4 Å². The number of non-ortho nitro benzene ring substituents is 1. The summed E-state index contributed by atoms with van der Waals surface area (Å²) in [5, 5.41) is 14.1. The lowest BCUT2D eigenvalue weighted by Gasteiger charge is -2.32. The zero-order valence-corrected chi connectivity index (χ0v) is 22.4. The van der Waals surface area contributed by atoms with E-state index in [1.54, 1.807) is 38.1 Å². The Hall–Kier alpha value is -3.87. The van der Waals surface area contributed by atoms with E-state index < -0.39 is 39.3 Å². The molecule has 0 radical (unpaired) electrons. The topological polar surface area (TPSA) is 148 Å². The Morgan fingerprint density at radius 3 is 2.30 bits per heavy atom. The van der Waals surface area contributed by atoms with Crippen LogP contribution in [0.25, 0.3) is 0 Å². The number of benzene rings is 2. The van der Waals surface area contributed by atoms with E-state index in [9.17, 15) is 28.1 Å². The third-order valence-corrected chi connectivity index (χ3v) is 6.53. The maximum atomic E-state index is 13.6. The number of nitro groups is 1. The molecule has 13 heteroatoms. The van der Waals surface area contributed by atoms with Crippen LogP contribution < -0.4 is 19.1 Å². The van der Waals surface area contributed by atoms with E-state index in [-0.39, 0.29) is 29.7 Å². The second-order valence-electron chi connectivity index (χ2n) is 8.60. The lowest BCUT2D eigenvalue weighted by atomic mass is 10.1. The molecule has 0 aliphatic rings. The highest BCUT2D eigenvalue weighted by Gasteiger charge is 2.32. The number of rotatable bonds is 12. The molecule has 1 unspecified atom stereocenters. The summed E-state index contributed by atoms with van der Waals surface area (Å²) in [5.74, 6) is -0.560. The normalized spacial score (nSPS) is 12.0.